The zero-order chi connectivity index (χ0) is 8.81. The molecule has 0 spiro atoms. The summed E-state index contributed by atoms with van der Waals surface area (Å²) in [4.78, 5) is 1.26. The number of hydrogen-bond donors (Lipinski definition) is 0. The van der Waals surface area contributed by atoms with Crippen molar-refractivity contribution in [3.8, 4) is 0 Å². The number of hydrogen-bond acceptors (Lipinski definition) is 1. The molecule has 0 amide bonds. The Morgan fingerprint density at radius 3 is 2.58 bits per heavy atom. The van der Waals surface area contributed by atoms with E-state index in [0.29, 0.717) is 0 Å². The summed E-state index contributed by atoms with van der Waals surface area (Å²) in [6.07, 6.45) is 2.01. The van der Waals surface area contributed by atoms with Crippen LogP contribution in [0.5, 0.6) is 0 Å². The maximum Gasteiger partial charge on any atom is 0.0116 e. The summed E-state index contributed by atoms with van der Waals surface area (Å²) in [5.74, 6) is 0. The Hall–Kier alpha value is -0.950. The van der Waals surface area contributed by atoms with Crippen LogP contribution >= 0.6 is 11.8 Å². The third kappa shape index (κ3) is 3.44. The highest BCUT2D eigenvalue weighted by atomic mass is 32.2. The van der Waals surface area contributed by atoms with E-state index in [1.807, 2.05) is 31.2 Å². The zero-order valence-electron chi connectivity index (χ0n) is 7.16. The van der Waals surface area contributed by atoms with E-state index in [4.69, 9.17) is 0 Å². The Balaban J connectivity index is 2.49. The summed E-state index contributed by atoms with van der Waals surface area (Å²) >= 11 is 1.71. The van der Waals surface area contributed by atoms with E-state index in [-0.39, 0.29) is 0 Å². The highest BCUT2D eigenvalue weighted by Gasteiger charge is 1.85. The van der Waals surface area contributed by atoms with Gasteiger partial charge in [0.25, 0.3) is 0 Å². The maximum absolute atomic E-state index is 3.79. The van der Waals surface area contributed by atoms with Crippen LogP contribution in [0, 0.1) is 0 Å². The van der Waals surface area contributed by atoms with Gasteiger partial charge in [-0.25, -0.2) is 0 Å². The minimum Gasteiger partial charge on any atom is -0.0981 e. The molecule has 0 aliphatic carbocycles. The second-order valence-corrected chi connectivity index (χ2v) is 3.56. The fourth-order valence-electron chi connectivity index (χ4n) is 0.728. The van der Waals surface area contributed by atoms with Crippen LogP contribution in [0.3, 0.4) is 0 Å². The van der Waals surface area contributed by atoms with E-state index in [2.05, 4.69) is 24.1 Å². The van der Waals surface area contributed by atoms with E-state index >= 15 is 0 Å². The van der Waals surface area contributed by atoms with Gasteiger partial charge in [0, 0.05) is 4.90 Å². The maximum atomic E-state index is 3.79. The molecule has 0 saturated carbocycles. The summed E-state index contributed by atoms with van der Waals surface area (Å²) < 4.78 is 0. The molecule has 0 aliphatic rings. The van der Waals surface area contributed by atoms with Crippen molar-refractivity contribution in [3.63, 3.8) is 0 Å². The molecule has 0 bridgehead atoms. The fourth-order valence-corrected chi connectivity index (χ4v) is 1.50. The van der Waals surface area contributed by atoms with Crippen molar-refractivity contribution in [2.75, 3.05) is 0 Å². The van der Waals surface area contributed by atoms with Crippen LogP contribution in [0.4, 0.5) is 0 Å². The lowest BCUT2D eigenvalue weighted by Gasteiger charge is -1.93. The first-order valence-corrected chi connectivity index (χ1v) is 4.71. The van der Waals surface area contributed by atoms with Gasteiger partial charge in [-0.15, -0.1) is 0 Å². The molecule has 0 aliphatic heterocycles. The molecule has 1 aromatic carbocycles. The first-order chi connectivity index (χ1) is 5.79. The van der Waals surface area contributed by atoms with Gasteiger partial charge in [0.2, 0.25) is 0 Å². The third-order valence-electron chi connectivity index (χ3n) is 1.30. The summed E-state index contributed by atoms with van der Waals surface area (Å²) in [7, 11) is 0. The fraction of sp³-hybridized carbons (Fsp3) is 0.0909. The van der Waals surface area contributed by atoms with Crippen molar-refractivity contribution in [1.82, 2.24) is 0 Å². The molecule has 0 radical (unpaired) electrons. The predicted molar refractivity (Wildman–Crippen MR) is 56.3 cm³/mol. The average Bonchev–Trinajstić information content (AvgIpc) is 2.05. The largest absolute Gasteiger partial charge is 0.0981 e. The minimum absolute atomic E-state index is 1.08. The Morgan fingerprint density at radius 2 is 2.00 bits per heavy atom. The predicted octanol–water partition coefficient (Wildman–Crippen LogP) is 3.87. The number of benzene rings is 1. The quantitative estimate of drug-likeness (QED) is 0.497. The van der Waals surface area contributed by atoms with Crippen LogP contribution in [0.25, 0.3) is 0 Å². The van der Waals surface area contributed by atoms with Crippen LogP contribution in [0.2, 0.25) is 0 Å². The normalized spacial score (nSPS) is 10.4. The molecule has 62 valence electrons. The zero-order valence-corrected chi connectivity index (χ0v) is 7.97. The Kier molecular flexibility index (Phi) is 3.68. The molecule has 12 heavy (non-hydrogen) atoms. The smallest absolute Gasteiger partial charge is 0.0116 e. The summed E-state index contributed by atoms with van der Waals surface area (Å²) in [5, 5.41) is 2.05. The molecule has 0 atom stereocenters. The van der Waals surface area contributed by atoms with Crippen molar-refractivity contribution >= 4 is 11.8 Å². The molecule has 0 saturated heterocycles. The van der Waals surface area contributed by atoms with Crippen molar-refractivity contribution in [1.29, 1.82) is 0 Å². The molecule has 0 aromatic heterocycles. The van der Waals surface area contributed by atoms with Gasteiger partial charge in [0.05, 0.1) is 0 Å². The lowest BCUT2D eigenvalue weighted by molar-refractivity contribution is 1.47. The van der Waals surface area contributed by atoms with Gasteiger partial charge >= 0.3 is 0 Å². The first-order valence-electron chi connectivity index (χ1n) is 3.83. The molecule has 1 heteroatoms. The van der Waals surface area contributed by atoms with Crippen LogP contribution in [0.1, 0.15) is 6.92 Å². The Morgan fingerprint density at radius 1 is 1.33 bits per heavy atom. The van der Waals surface area contributed by atoms with Crippen molar-refractivity contribution < 1.29 is 0 Å². The topological polar surface area (TPSA) is 0 Å². The van der Waals surface area contributed by atoms with Gasteiger partial charge < -0.3 is 0 Å². The van der Waals surface area contributed by atoms with E-state index in [0.717, 1.165) is 5.57 Å². The summed E-state index contributed by atoms with van der Waals surface area (Å²) in [6.45, 7) is 5.77. The van der Waals surface area contributed by atoms with Gasteiger partial charge in [0.15, 0.2) is 0 Å². The highest BCUT2D eigenvalue weighted by molar-refractivity contribution is 8.02. The van der Waals surface area contributed by atoms with Gasteiger partial charge in [-0.3, -0.25) is 0 Å². The van der Waals surface area contributed by atoms with E-state index in [9.17, 15) is 0 Å². The SMILES string of the molecule is C=C(C)/C=C\Sc1ccccc1. The monoisotopic (exact) mass is 176 g/mol. The number of rotatable bonds is 3. The van der Waals surface area contributed by atoms with E-state index < -0.39 is 0 Å². The highest BCUT2D eigenvalue weighted by Crippen LogP contribution is 2.18. The second kappa shape index (κ2) is 4.83. The molecular formula is C11H12S. The molecule has 0 unspecified atom stereocenters. The number of allylic oxidation sites excluding steroid dienone is 2. The van der Waals surface area contributed by atoms with Crippen LogP contribution < -0.4 is 0 Å². The summed E-state index contributed by atoms with van der Waals surface area (Å²) in [6, 6.07) is 10.3. The van der Waals surface area contributed by atoms with E-state index in [1.54, 1.807) is 11.8 Å². The molecular weight excluding hydrogens is 164 g/mol. The van der Waals surface area contributed by atoms with Crippen LogP contribution in [0.15, 0.2) is 58.9 Å². The molecule has 0 nitrogen and oxygen atoms in total. The molecule has 1 aromatic rings. The second-order valence-electron chi connectivity index (χ2n) is 2.58. The van der Waals surface area contributed by atoms with Crippen LogP contribution in [-0.4, -0.2) is 0 Å². The van der Waals surface area contributed by atoms with Crippen molar-refractivity contribution in [3.05, 3.63) is 54.0 Å². The lowest BCUT2D eigenvalue weighted by atomic mass is 10.4. The van der Waals surface area contributed by atoms with Crippen LogP contribution in [-0.2, 0) is 0 Å². The van der Waals surface area contributed by atoms with Crippen molar-refractivity contribution in [2.24, 2.45) is 0 Å². The standard InChI is InChI=1S/C11H12S/c1-10(2)8-9-12-11-6-4-3-5-7-11/h3-9H,1H2,2H3/b9-8-. The van der Waals surface area contributed by atoms with Gasteiger partial charge in [0.1, 0.15) is 0 Å². The Bertz CT molecular complexity index is 272. The minimum atomic E-state index is 1.08. The van der Waals surface area contributed by atoms with Crippen molar-refractivity contribution in [2.45, 2.75) is 11.8 Å². The first kappa shape index (κ1) is 9.14. The van der Waals surface area contributed by atoms with E-state index in [1.165, 1.54) is 4.90 Å². The van der Waals surface area contributed by atoms with Gasteiger partial charge in [-0.05, 0) is 24.5 Å². The molecule has 0 fully saturated rings. The Labute approximate surface area is 78.0 Å². The third-order valence-corrected chi connectivity index (χ3v) is 2.12. The molecule has 0 heterocycles. The number of thioether (sulfide) groups is 1. The molecule has 1 rings (SSSR count). The van der Waals surface area contributed by atoms with Gasteiger partial charge in [-0.2, -0.15) is 0 Å². The van der Waals surface area contributed by atoms with Gasteiger partial charge in [-0.1, -0.05) is 48.2 Å². The lowest BCUT2D eigenvalue weighted by Crippen LogP contribution is -1.64. The summed E-state index contributed by atoms with van der Waals surface area (Å²) in [5.41, 5.74) is 1.08. The molecule has 0 N–H and O–H groups in total. The average molecular weight is 176 g/mol.